The Bertz CT molecular complexity index is 556. The predicted octanol–water partition coefficient (Wildman–Crippen LogP) is 1.49. The summed E-state index contributed by atoms with van der Waals surface area (Å²) in [5.41, 5.74) is 2.89. The van der Waals surface area contributed by atoms with Crippen LogP contribution in [0.15, 0.2) is 24.3 Å². The lowest BCUT2D eigenvalue weighted by Gasteiger charge is -2.34. The first-order valence-electron chi connectivity index (χ1n) is 9.54. The van der Waals surface area contributed by atoms with E-state index in [1.165, 1.54) is 30.4 Å². The molecule has 0 aromatic heterocycles. The zero-order valence-corrected chi connectivity index (χ0v) is 15.4. The van der Waals surface area contributed by atoms with E-state index in [0.29, 0.717) is 12.5 Å². The number of nitrogens with one attached hydrogen (secondary N) is 1. The van der Waals surface area contributed by atoms with E-state index in [2.05, 4.69) is 39.4 Å². The number of methoxy groups -OCH3 is 1. The van der Waals surface area contributed by atoms with Crippen LogP contribution in [-0.4, -0.2) is 75.2 Å². The lowest BCUT2D eigenvalue weighted by molar-refractivity contribution is -0.122. The maximum absolute atomic E-state index is 12.3. The lowest BCUT2D eigenvalue weighted by atomic mass is 9.83. The van der Waals surface area contributed by atoms with Crippen molar-refractivity contribution in [3.05, 3.63) is 35.4 Å². The van der Waals surface area contributed by atoms with Gasteiger partial charge in [0.15, 0.2) is 0 Å². The molecule has 5 nitrogen and oxygen atoms in total. The predicted molar refractivity (Wildman–Crippen MR) is 99.9 cm³/mol. The van der Waals surface area contributed by atoms with E-state index in [4.69, 9.17) is 4.74 Å². The Balaban J connectivity index is 1.39. The summed E-state index contributed by atoms with van der Waals surface area (Å²) in [6.45, 7) is 7.02. The Morgan fingerprint density at radius 1 is 1.20 bits per heavy atom. The number of piperazine rings is 1. The van der Waals surface area contributed by atoms with Crippen LogP contribution >= 0.6 is 0 Å². The molecule has 0 saturated carbocycles. The molecule has 0 bridgehead atoms. The highest BCUT2D eigenvalue weighted by molar-refractivity contribution is 5.78. The van der Waals surface area contributed by atoms with Gasteiger partial charge in [-0.1, -0.05) is 24.3 Å². The number of rotatable bonds is 7. The van der Waals surface area contributed by atoms with E-state index in [1.54, 1.807) is 7.11 Å². The van der Waals surface area contributed by atoms with Crippen molar-refractivity contribution in [1.82, 2.24) is 15.1 Å². The number of carbonyl (C=O) groups is 1. The summed E-state index contributed by atoms with van der Waals surface area (Å²) < 4.78 is 5.13. The van der Waals surface area contributed by atoms with Crippen molar-refractivity contribution >= 4 is 5.91 Å². The van der Waals surface area contributed by atoms with Gasteiger partial charge in [-0.3, -0.25) is 14.6 Å². The SMILES string of the molecule is COCCN1CCN(CC(=O)NC[C@@H]2CCCc3ccccc32)CC1. The third kappa shape index (κ3) is 5.27. The van der Waals surface area contributed by atoms with Gasteiger partial charge in [0.2, 0.25) is 5.91 Å². The van der Waals surface area contributed by atoms with E-state index < -0.39 is 0 Å². The summed E-state index contributed by atoms with van der Waals surface area (Å²) in [7, 11) is 1.74. The number of hydrogen-bond acceptors (Lipinski definition) is 4. The smallest absolute Gasteiger partial charge is 0.234 e. The van der Waals surface area contributed by atoms with Gasteiger partial charge < -0.3 is 10.1 Å². The molecule has 0 radical (unpaired) electrons. The molecule has 25 heavy (non-hydrogen) atoms. The second-order valence-electron chi connectivity index (χ2n) is 7.20. The second-order valence-corrected chi connectivity index (χ2v) is 7.20. The Morgan fingerprint density at radius 3 is 2.76 bits per heavy atom. The summed E-state index contributed by atoms with van der Waals surface area (Å²) in [6, 6.07) is 8.69. The van der Waals surface area contributed by atoms with Crippen molar-refractivity contribution in [3.63, 3.8) is 0 Å². The molecule has 0 spiro atoms. The van der Waals surface area contributed by atoms with Gasteiger partial charge in [-0.2, -0.15) is 0 Å². The number of carbonyl (C=O) groups excluding carboxylic acids is 1. The zero-order chi connectivity index (χ0) is 17.5. The molecule has 2 aliphatic rings. The highest BCUT2D eigenvalue weighted by Gasteiger charge is 2.22. The van der Waals surface area contributed by atoms with Crippen LogP contribution in [0, 0.1) is 0 Å². The van der Waals surface area contributed by atoms with Crippen molar-refractivity contribution in [3.8, 4) is 0 Å². The third-order valence-electron chi connectivity index (χ3n) is 5.48. The lowest BCUT2D eigenvalue weighted by Crippen LogP contribution is -2.50. The van der Waals surface area contributed by atoms with Crippen molar-refractivity contribution in [1.29, 1.82) is 0 Å². The van der Waals surface area contributed by atoms with Crippen LogP contribution < -0.4 is 5.32 Å². The Kier molecular flexibility index (Phi) is 6.84. The van der Waals surface area contributed by atoms with Crippen LogP contribution in [0.2, 0.25) is 0 Å². The van der Waals surface area contributed by atoms with Gasteiger partial charge in [-0.05, 0) is 30.4 Å². The molecule has 1 aliphatic heterocycles. The number of aryl methyl sites for hydroxylation is 1. The van der Waals surface area contributed by atoms with Gasteiger partial charge in [0.25, 0.3) is 0 Å². The molecule has 1 amide bonds. The molecule has 1 saturated heterocycles. The van der Waals surface area contributed by atoms with E-state index in [0.717, 1.165) is 45.9 Å². The molecule has 0 unspecified atom stereocenters. The molecular weight excluding hydrogens is 314 g/mol. The number of nitrogens with zero attached hydrogens (tertiary/aromatic N) is 2. The molecule has 1 N–H and O–H groups in total. The quantitative estimate of drug-likeness (QED) is 0.813. The van der Waals surface area contributed by atoms with Gasteiger partial charge in [0, 0.05) is 52.3 Å². The van der Waals surface area contributed by atoms with Crippen molar-refractivity contribution in [2.45, 2.75) is 25.2 Å². The largest absolute Gasteiger partial charge is 0.383 e. The van der Waals surface area contributed by atoms with E-state index >= 15 is 0 Å². The van der Waals surface area contributed by atoms with Gasteiger partial charge in [0.05, 0.1) is 13.2 Å². The first-order valence-corrected chi connectivity index (χ1v) is 9.54. The minimum Gasteiger partial charge on any atom is -0.383 e. The Morgan fingerprint density at radius 2 is 1.96 bits per heavy atom. The highest BCUT2D eigenvalue weighted by atomic mass is 16.5. The van der Waals surface area contributed by atoms with Crippen molar-refractivity contribution < 1.29 is 9.53 Å². The molecule has 138 valence electrons. The summed E-state index contributed by atoms with van der Waals surface area (Å²) >= 11 is 0. The average Bonchev–Trinajstić information content (AvgIpc) is 2.66. The van der Waals surface area contributed by atoms with E-state index in [9.17, 15) is 4.79 Å². The van der Waals surface area contributed by atoms with Crippen LogP contribution in [0.3, 0.4) is 0 Å². The minimum absolute atomic E-state index is 0.161. The molecule has 1 aromatic carbocycles. The summed E-state index contributed by atoms with van der Waals surface area (Å²) in [5, 5.41) is 3.17. The fourth-order valence-corrected chi connectivity index (χ4v) is 3.95. The third-order valence-corrected chi connectivity index (χ3v) is 5.48. The van der Waals surface area contributed by atoms with E-state index in [1.807, 2.05) is 0 Å². The van der Waals surface area contributed by atoms with Crippen LogP contribution in [0.5, 0.6) is 0 Å². The molecule has 1 aliphatic carbocycles. The minimum atomic E-state index is 0.161. The maximum Gasteiger partial charge on any atom is 0.234 e. The fraction of sp³-hybridized carbons (Fsp3) is 0.650. The number of fused-ring (bicyclic) bond motifs is 1. The fourth-order valence-electron chi connectivity index (χ4n) is 3.95. The summed E-state index contributed by atoms with van der Waals surface area (Å²) in [5.74, 6) is 0.633. The average molecular weight is 345 g/mol. The maximum atomic E-state index is 12.3. The number of benzene rings is 1. The van der Waals surface area contributed by atoms with Crippen LogP contribution in [0.25, 0.3) is 0 Å². The molecule has 1 aromatic rings. The van der Waals surface area contributed by atoms with Gasteiger partial charge in [-0.15, -0.1) is 0 Å². The molecule has 5 heteroatoms. The van der Waals surface area contributed by atoms with Crippen LogP contribution in [-0.2, 0) is 16.0 Å². The molecule has 1 atom stereocenters. The second kappa shape index (κ2) is 9.32. The normalized spacial score (nSPS) is 21.7. The first-order chi connectivity index (χ1) is 12.3. The number of amides is 1. The number of hydrogen-bond donors (Lipinski definition) is 1. The van der Waals surface area contributed by atoms with Crippen molar-refractivity contribution in [2.24, 2.45) is 0 Å². The van der Waals surface area contributed by atoms with Gasteiger partial charge >= 0.3 is 0 Å². The Hall–Kier alpha value is -1.43. The van der Waals surface area contributed by atoms with Gasteiger partial charge in [0.1, 0.15) is 0 Å². The van der Waals surface area contributed by atoms with Crippen molar-refractivity contribution in [2.75, 3.05) is 59.5 Å². The summed E-state index contributed by atoms with van der Waals surface area (Å²) in [6.07, 6.45) is 3.57. The monoisotopic (exact) mass is 345 g/mol. The summed E-state index contributed by atoms with van der Waals surface area (Å²) in [4.78, 5) is 17.0. The van der Waals surface area contributed by atoms with Crippen LogP contribution in [0.1, 0.15) is 29.9 Å². The molecule has 3 rings (SSSR count). The highest BCUT2D eigenvalue weighted by Crippen LogP contribution is 2.30. The molecule has 1 fully saturated rings. The standard InChI is InChI=1S/C20H31N3O2/c1-25-14-13-22-9-11-23(12-10-22)16-20(24)21-15-18-7-4-6-17-5-2-3-8-19(17)18/h2-3,5,8,18H,4,6-7,9-16H2,1H3,(H,21,24)/t18-/m0/s1. The zero-order valence-electron chi connectivity index (χ0n) is 15.4. The molecular formula is C20H31N3O2. The topological polar surface area (TPSA) is 44.8 Å². The number of ether oxygens (including phenoxy) is 1. The van der Waals surface area contributed by atoms with Crippen LogP contribution in [0.4, 0.5) is 0 Å². The van der Waals surface area contributed by atoms with E-state index in [-0.39, 0.29) is 5.91 Å². The van der Waals surface area contributed by atoms with Gasteiger partial charge in [-0.25, -0.2) is 0 Å². The molecule has 1 heterocycles. The Labute approximate surface area is 151 Å². The first kappa shape index (κ1) is 18.4.